The molecule has 6 heteroatoms. The summed E-state index contributed by atoms with van der Waals surface area (Å²) in [5.74, 6) is 1.58. The summed E-state index contributed by atoms with van der Waals surface area (Å²) in [6.07, 6.45) is 4.07. The molecular weight excluding hydrogens is 432 g/mol. The Hall–Kier alpha value is -2.37. The molecule has 2 heterocycles. The predicted molar refractivity (Wildman–Crippen MR) is 135 cm³/mol. The fraction of sp³-hybridized carbons (Fsp3) is 0.481. The van der Waals surface area contributed by atoms with Crippen LogP contribution in [0.4, 0.5) is 0 Å². The van der Waals surface area contributed by atoms with Crippen LogP contribution in [-0.4, -0.2) is 51.4 Å². The molecule has 0 atom stereocenters. The average molecular weight is 467 g/mol. The second-order valence-corrected chi connectivity index (χ2v) is 9.49. The van der Waals surface area contributed by atoms with Crippen LogP contribution in [0.2, 0.25) is 5.02 Å². The minimum Gasteiger partial charge on any atom is -0.343 e. The maximum atomic E-state index is 13.0. The zero-order valence-corrected chi connectivity index (χ0v) is 20.6. The molecule has 4 rings (SSSR count). The van der Waals surface area contributed by atoms with Crippen molar-refractivity contribution in [3.05, 3.63) is 64.9 Å². The largest absolute Gasteiger partial charge is 0.343 e. The van der Waals surface area contributed by atoms with Crippen LogP contribution in [0, 0.1) is 5.92 Å². The number of amides is 1. The number of rotatable bonds is 9. The second kappa shape index (κ2) is 11.2. The van der Waals surface area contributed by atoms with Gasteiger partial charge >= 0.3 is 0 Å². The highest BCUT2D eigenvalue weighted by Crippen LogP contribution is 2.24. The number of carbonyl (C=O) groups excluding carboxylic acids is 1. The molecule has 176 valence electrons. The number of aromatic nitrogens is 2. The van der Waals surface area contributed by atoms with Crippen molar-refractivity contribution in [2.75, 3.05) is 26.2 Å². The molecule has 0 radical (unpaired) electrons. The van der Waals surface area contributed by atoms with E-state index in [9.17, 15) is 4.79 Å². The minimum atomic E-state index is 0.158. The van der Waals surface area contributed by atoms with Gasteiger partial charge in [0.25, 0.3) is 0 Å². The van der Waals surface area contributed by atoms with Gasteiger partial charge in [-0.1, -0.05) is 49.2 Å². The van der Waals surface area contributed by atoms with Crippen molar-refractivity contribution in [1.29, 1.82) is 0 Å². The molecule has 3 aromatic rings. The van der Waals surface area contributed by atoms with E-state index < -0.39 is 0 Å². The third kappa shape index (κ3) is 5.77. The first-order chi connectivity index (χ1) is 16.1. The fourth-order valence-electron chi connectivity index (χ4n) is 4.76. The van der Waals surface area contributed by atoms with E-state index in [1.807, 2.05) is 18.2 Å². The van der Waals surface area contributed by atoms with Gasteiger partial charge < -0.3 is 9.47 Å². The zero-order valence-electron chi connectivity index (χ0n) is 19.8. The summed E-state index contributed by atoms with van der Waals surface area (Å²) in [5.41, 5.74) is 3.39. The number of halogens is 1. The van der Waals surface area contributed by atoms with Crippen molar-refractivity contribution < 1.29 is 4.79 Å². The molecule has 33 heavy (non-hydrogen) atoms. The molecule has 2 aromatic carbocycles. The molecule has 1 saturated heterocycles. The van der Waals surface area contributed by atoms with Gasteiger partial charge in [0.05, 0.1) is 17.6 Å². The van der Waals surface area contributed by atoms with E-state index in [-0.39, 0.29) is 5.92 Å². The first kappa shape index (κ1) is 23.8. The molecule has 0 spiro atoms. The standard InChI is InChI=1S/C27H35ClN4O/c1-3-5-16-31(4-2)27(33)22-14-17-30(18-15-22)20-26-29-24-8-6-7-9-25(24)32(26)19-21-10-12-23(28)13-11-21/h6-13,22H,3-5,14-20H2,1-2H3. The minimum absolute atomic E-state index is 0.158. The summed E-state index contributed by atoms with van der Waals surface area (Å²) in [5, 5.41) is 0.753. The van der Waals surface area contributed by atoms with E-state index in [2.05, 4.69) is 58.5 Å². The summed E-state index contributed by atoms with van der Waals surface area (Å²) < 4.78 is 2.32. The van der Waals surface area contributed by atoms with Crippen LogP contribution in [0.1, 0.15) is 50.9 Å². The Morgan fingerprint density at radius 3 is 2.48 bits per heavy atom. The first-order valence-corrected chi connectivity index (χ1v) is 12.7. The molecule has 1 aliphatic rings. The normalized spacial score (nSPS) is 15.2. The van der Waals surface area contributed by atoms with E-state index in [0.29, 0.717) is 5.91 Å². The van der Waals surface area contributed by atoms with Gasteiger partial charge in [-0.05, 0) is 69.1 Å². The Balaban J connectivity index is 1.44. The second-order valence-electron chi connectivity index (χ2n) is 9.05. The third-order valence-corrected chi connectivity index (χ3v) is 7.02. The van der Waals surface area contributed by atoms with Gasteiger partial charge in [-0.2, -0.15) is 0 Å². The van der Waals surface area contributed by atoms with Crippen LogP contribution in [0.3, 0.4) is 0 Å². The lowest BCUT2D eigenvalue weighted by Crippen LogP contribution is -2.42. The SMILES string of the molecule is CCCCN(CC)C(=O)C1CCN(Cc2nc3ccccc3n2Cc2ccc(Cl)cc2)CC1. The topological polar surface area (TPSA) is 41.4 Å². The molecule has 0 saturated carbocycles. The van der Waals surface area contributed by atoms with Gasteiger partial charge in [-0.25, -0.2) is 4.98 Å². The predicted octanol–water partition coefficient (Wildman–Crippen LogP) is 5.60. The summed E-state index contributed by atoms with van der Waals surface area (Å²) >= 11 is 6.08. The average Bonchev–Trinajstić information content (AvgIpc) is 3.18. The summed E-state index contributed by atoms with van der Waals surface area (Å²) in [6, 6.07) is 16.4. The van der Waals surface area contributed by atoms with Crippen LogP contribution in [0.5, 0.6) is 0 Å². The highest BCUT2D eigenvalue weighted by atomic mass is 35.5. The van der Waals surface area contributed by atoms with Crippen molar-refractivity contribution in [2.24, 2.45) is 5.92 Å². The quantitative estimate of drug-likeness (QED) is 0.412. The van der Waals surface area contributed by atoms with Crippen LogP contribution in [0.15, 0.2) is 48.5 Å². The van der Waals surface area contributed by atoms with E-state index in [1.54, 1.807) is 0 Å². The Labute approximate surface area is 202 Å². The third-order valence-electron chi connectivity index (χ3n) is 6.76. The van der Waals surface area contributed by atoms with Crippen LogP contribution >= 0.6 is 11.6 Å². The summed E-state index contributed by atoms with van der Waals surface area (Å²) in [4.78, 5) is 22.5. The lowest BCUT2D eigenvalue weighted by Gasteiger charge is -2.34. The lowest BCUT2D eigenvalue weighted by atomic mass is 9.95. The number of hydrogen-bond donors (Lipinski definition) is 0. The van der Waals surface area contributed by atoms with Crippen LogP contribution < -0.4 is 0 Å². The number of benzene rings is 2. The first-order valence-electron chi connectivity index (χ1n) is 12.3. The lowest BCUT2D eigenvalue weighted by molar-refractivity contribution is -0.137. The van der Waals surface area contributed by atoms with E-state index in [4.69, 9.17) is 16.6 Å². The number of piperidine rings is 1. The Bertz CT molecular complexity index is 1050. The molecule has 0 bridgehead atoms. The number of imidazole rings is 1. The number of unbranched alkanes of at least 4 members (excludes halogenated alkanes) is 1. The molecule has 1 aromatic heterocycles. The van der Waals surface area contributed by atoms with Gasteiger partial charge in [0, 0.05) is 30.6 Å². The molecule has 1 fully saturated rings. The Kier molecular flexibility index (Phi) is 8.05. The van der Waals surface area contributed by atoms with Crippen LogP contribution in [0.25, 0.3) is 11.0 Å². The number of para-hydroxylation sites is 2. The smallest absolute Gasteiger partial charge is 0.225 e. The van der Waals surface area contributed by atoms with Crippen molar-refractivity contribution in [2.45, 2.75) is 52.6 Å². The molecule has 0 unspecified atom stereocenters. The van der Waals surface area contributed by atoms with Gasteiger partial charge in [-0.15, -0.1) is 0 Å². The zero-order chi connectivity index (χ0) is 23.2. The molecule has 0 N–H and O–H groups in total. The van der Waals surface area contributed by atoms with E-state index >= 15 is 0 Å². The number of fused-ring (bicyclic) bond motifs is 1. The molecule has 1 amide bonds. The van der Waals surface area contributed by atoms with Gasteiger partial charge in [0.2, 0.25) is 5.91 Å². The number of likely N-dealkylation sites (tertiary alicyclic amines) is 1. The maximum Gasteiger partial charge on any atom is 0.225 e. The van der Waals surface area contributed by atoms with Crippen molar-refractivity contribution in [1.82, 2.24) is 19.4 Å². The fourth-order valence-corrected chi connectivity index (χ4v) is 4.89. The van der Waals surface area contributed by atoms with Crippen LogP contribution in [-0.2, 0) is 17.9 Å². The van der Waals surface area contributed by atoms with Crippen molar-refractivity contribution in [3.8, 4) is 0 Å². The highest BCUT2D eigenvalue weighted by molar-refractivity contribution is 6.30. The maximum absolute atomic E-state index is 13.0. The van der Waals surface area contributed by atoms with Gasteiger partial charge in [0.1, 0.15) is 5.82 Å². The summed E-state index contributed by atoms with van der Waals surface area (Å²) in [7, 11) is 0. The Morgan fingerprint density at radius 1 is 1.06 bits per heavy atom. The van der Waals surface area contributed by atoms with Gasteiger partial charge in [-0.3, -0.25) is 9.69 Å². The van der Waals surface area contributed by atoms with E-state index in [1.165, 1.54) is 5.56 Å². The highest BCUT2D eigenvalue weighted by Gasteiger charge is 2.28. The number of carbonyl (C=O) groups is 1. The number of nitrogens with zero attached hydrogens (tertiary/aromatic N) is 4. The number of hydrogen-bond acceptors (Lipinski definition) is 3. The van der Waals surface area contributed by atoms with Crippen molar-refractivity contribution >= 4 is 28.5 Å². The Morgan fingerprint density at radius 2 is 1.79 bits per heavy atom. The van der Waals surface area contributed by atoms with Gasteiger partial charge in [0.15, 0.2) is 0 Å². The molecule has 1 aliphatic heterocycles. The summed E-state index contributed by atoms with van der Waals surface area (Å²) in [6.45, 7) is 9.42. The molecule has 5 nitrogen and oxygen atoms in total. The van der Waals surface area contributed by atoms with Crippen molar-refractivity contribution in [3.63, 3.8) is 0 Å². The van der Waals surface area contributed by atoms with E-state index in [0.717, 1.165) is 86.8 Å². The molecular formula is C27H35ClN4O. The monoisotopic (exact) mass is 466 g/mol. The molecule has 0 aliphatic carbocycles.